The summed E-state index contributed by atoms with van der Waals surface area (Å²) in [6, 6.07) is 6.72. The second-order valence-corrected chi connectivity index (χ2v) is 7.53. The second kappa shape index (κ2) is 5.56. The van der Waals surface area contributed by atoms with Gasteiger partial charge in [-0.3, -0.25) is 4.72 Å². The van der Waals surface area contributed by atoms with E-state index >= 15 is 0 Å². The molecule has 0 bridgehead atoms. The molecule has 3 heteroatoms. The van der Waals surface area contributed by atoms with E-state index in [4.69, 9.17) is 0 Å². The van der Waals surface area contributed by atoms with Gasteiger partial charge in [-0.15, -0.1) is 0 Å². The van der Waals surface area contributed by atoms with Crippen molar-refractivity contribution in [3.63, 3.8) is 0 Å². The third kappa shape index (κ3) is 4.11. The zero-order valence-electron chi connectivity index (χ0n) is 10.6. The highest BCUT2D eigenvalue weighted by Gasteiger charge is 2.15. The van der Waals surface area contributed by atoms with E-state index < -0.39 is 0 Å². The highest BCUT2D eigenvalue weighted by molar-refractivity contribution is 9.10. The molecule has 0 heterocycles. The van der Waals surface area contributed by atoms with Gasteiger partial charge in [0.2, 0.25) is 0 Å². The van der Waals surface area contributed by atoms with Crippen molar-refractivity contribution in [2.75, 3.05) is 0 Å². The quantitative estimate of drug-likeness (QED) is 0.801. The fourth-order valence-corrected chi connectivity index (χ4v) is 2.46. The molecule has 1 atom stereocenters. The molecule has 0 fully saturated rings. The van der Waals surface area contributed by atoms with Crippen LogP contribution in [-0.4, -0.2) is 4.75 Å². The largest absolute Gasteiger partial charge is 0.256 e. The Balaban J connectivity index is 2.73. The molecule has 1 nitrogen and oxygen atoms in total. The second-order valence-electron chi connectivity index (χ2n) is 5.01. The minimum atomic E-state index is 0.244. The van der Waals surface area contributed by atoms with Gasteiger partial charge in [-0.1, -0.05) is 40.0 Å². The van der Waals surface area contributed by atoms with Crippen molar-refractivity contribution in [1.29, 1.82) is 0 Å². The smallest absolute Gasteiger partial charge is 0.0396 e. The molecule has 0 radical (unpaired) electrons. The van der Waals surface area contributed by atoms with Crippen molar-refractivity contribution in [3.8, 4) is 0 Å². The molecule has 0 aliphatic heterocycles. The summed E-state index contributed by atoms with van der Waals surface area (Å²) in [5.41, 5.74) is 2.67. The minimum Gasteiger partial charge on any atom is -0.256 e. The summed E-state index contributed by atoms with van der Waals surface area (Å²) in [7, 11) is 0. The van der Waals surface area contributed by atoms with E-state index in [-0.39, 0.29) is 4.75 Å². The van der Waals surface area contributed by atoms with Gasteiger partial charge in [0.15, 0.2) is 0 Å². The Hall–Kier alpha value is 0.01000. The minimum absolute atomic E-state index is 0.244. The molecule has 0 saturated heterocycles. The fourth-order valence-electron chi connectivity index (χ4n) is 1.42. The molecule has 1 N–H and O–H groups in total. The van der Waals surface area contributed by atoms with Crippen LogP contribution >= 0.6 is 27.9 Å². The lowest BCUT2D eigenvalue weighted by Crippen LogP contribution is -2.20. The van der Waals surface area contributed by atoms with Gasteiger partial charge in [0, 0.05) is 15.3 Å². The topological polar surface area (TPSA) is 12.0 Å². The van der Waals surface area contributed by atoms with Crippen molar-refractivity contribution < 1.29 is 0 Å². The summed E-state index contributed by atoms with van der Waals surface area (Å²) < 4.78 is 4.93. The lowest BCUT2D eigenvalue weighted by Gasteiger charge is -2.23. The van der Waals surface area contributed by atoms with Crippen LogP contribution in [0.1, 0.15) is 44.9 Å². The van der Waals surface area contributed by atoms with Crippen molar-refractivity contribution in [3.05, 3.63) is 33.8 Å². The van der Waals surface area contributed by atoms with Crippen LogP contribution in [-0.2, 0) is 0 Å². The average molecular weight is 302 g/mol. The van der Waals surface area contributed by atoms with E-state index in [1.54, 1.807) is 11.9 Å². The van der Waals surface area contributed by atoms with Crippen molar-refractivity contribution in [2.45, 2.75) is 45.4 Å². The Kier molecular flexibility index (Phi) is 4.89. The SMILES string of the molecule is Cc1c(Br)cccc1C(C)NSC(C)(C)C. The van der Waals surface area contributed by atoms with Gasteiger partial charge in [0.25, 0.3) is 0 Å². The fraction of sp³-hybridized carbons (Fsp3) is 0.538. The molecule has 0 spiro atoms. The number of hydrogen-bond donors (Lipinski definition) is 1. The predicted octanol–water partition coefficient (Wildman–Crippen LogP) is 4.85. The summed E-state index contributed by atoms with van der Waals surface area (Å²) in [4.78, 5) is 0. The first-order valence-corrected chi connectivity index (χ1v) is 7.11. The number of hydrogen-bond acceptors (Lipinski definition) is 2. The lowest BCUT2D eigenvalue weighted by atomic mass is 10.0. The zero-order valence-corrected chi connectivity index (χ0v) is 13.0. The third-order valence-electron chi connectivity index (χ3n) is 2.32. The first-order chi connectivity index (χ1) is 7.31. The maximum Gasteiger partial charge on any atom is 0.0396 e. The molecule has 1 rings (SSSR count). The Morgan fingerprint density at radius 3 is 2.50 bits per heavy atom. The van der Waals surface area contributed by atoms with Gasteiger partial charge < -0.3 is 0 Å². The summed E-state index contributed by atoms with van der Waals surface area (Å²) in [6.07, 6.45) is 0. The molecule has 0 saturated carbocycles. The molecule has 90 valence electrons. The van der Waals surface area contributed by atoms with Crippen molar-refractivity contribution >= 4 is 27.9 Å². The Morgan fingerprint density at radius 2 is 1.94 bits per heavy atom. The Bertz CT molecular complexity index is 357. The molecule has 0 amide bonds. The van der Waals surface area contributed by atoms with Crippen LogP contribution in [0.15, 0.2) is 22.7 Å². The number of rotatable bonds is 3. The Labute approximate surface area is 112 Å². The number of benzene rings is 1. The number of halogens is 1. The van der Waals surface area contributed by atoms with Crippen LogP contribution < -0.4 is 4.72 Å². The molecule has 1 aromatic rings. The van der Waals surface area contributed by atoms with Crippen molar-refractivity contribution in [1.82, 2.24) is 4.72 Å². The zero-order chi connectivity index (χ0) is 12.3. The molecule has 1 unspecified atom stereocenters. The van der Waals surface area contributed by atoms with E-state index in [1.165, 1.54) is 15.6 Å². The first-order valence-electron chi connectivity index (χ1n) is 5.50. The van der Waals surface area contributed by atoms with Crippen LogP contribution in [0.2, 0.25) is 0 Å². The molecule has 0 aromatic heterocycles. The molecular weight excluding hydrogens is 282 g/mol. The van der Waals surface area contributed by atoms with Gasteiger partial charge in [-0.05, 0) is 51.8 Å². The van der Waals surface area contributed by atoms with Gasteiger partial charge in [0.1, 0.15) is 0 Å². The lowest BCUT2D eigenvalue weighted by molar-refractivity contribution is 0.719. The molecule has 16 heavy (non-hydrogen) atoms. The van der Waals surface area contributed by atoms with E-state index in [0.29, 0.717) is 6.04 Å². The van der Waals surface area contributed by atoms with Gasteiger partial charge in [-0.25, -0.2) is 0 Å². The molecule has 0 aliphatic carbocycles. The van der Waals surface area contributed by atoms with Gasteiger partial charge >= 0.3 is 0 Å². The maximum atomic E-state index is 3.57. The van der Waals surface area contributed by atoms with Crippen LogP contribution in [0, 0.1) is 6.92 Å². The Morgan fingerprint density at radius 1 is 1.31 bits per heavy atom. The summed E-state index contributed by atoms with van der Waals surface area (Å²) >= 11 is 5.36. The van der Waals surface area contributed by atoms with E-state index in [2.05, 4.69) is 73.5 Å². The van der Waals surface area contributed by atoms with Crippen LogP contribution in [0.25, 0.3) is 0 Å². The monoisotopic (exact) mass is 301 g/mol. The normalized spacial score (nSPS) is 13.9. The highest BCUT2D eigenvalue weighted by Crippen LogP contribution is 2.28. The van der Waals surface area contributed by atoms with Gasteiger partial charge in [-0.2, -0.15) is 0 Å². The van der Waals surface area contributed by atoms with Crippen LogP contribution in [0.5, 0.6) is 0 Å². The summed E-state index contributed by atoms with van der Waals surface area (Å²) in [6.45, 7) is 11.0. The predicted molar refractivity (Wildman–Crippen MR) is 77.8 cm³/mol. The molecule has 0 aliphatic rings. The van der Waals surface area contributed by atoms with E-state index in [0.717, 1.165) is 0 Å². The summed E-state index contributed by atoms with van der Waals surface area (Å²) in [5.74, 6) is 0. The molecule has 1 aromatic carbocycles. The summed E-state index contributed by atoms with van der Waals surface area (Å²) in [5, 5.41) is 0. The van der Waals surface area contributed by atoms with E-state index in [1.807, 2.05) is 0 Å². The van der Waals surface area contributed by atoms with E-state index in [9.17, 15) is 0 Å². The first kappa shape index (κ1) is 14.1. The molecular formula is C13H20BrNS. The third-order valence-corrected chi connectivity index (χ3v) is 4.26. The maximum absolute atomic E-state index is 3.57. The van der Waals surface area contributed by atoms with Crippen LogP contribution in [0.3, 0.4) is 0 Å². The highest BCUT2D eigenvalue weighted by atomic mass is 79.9. The standard InChI is InChI=1S/C13H20BrNS/c1-9-11(7-6-8-12(9)14)10(2)15-16-13(3,4)5/h6-8,10,15H,1-5H3. The van der Waals surface area contributed by atoms with Crippen LogP contribution in [0.4, 0.5) is 0 Å². The number of nitrogens with one attached hydrogen (secondary N) is 1. The van der Waals surface area contributed by atoms with Crippen molar-refractivity contribution in [2.24, 2.45) is 0 Å². The average Bonchev–Trinajstić information content (AvgIpc) is 2.17. The van der Waals surface area contributed by atoms with Gasteiger partial charge in [0.05, 0.1) is 0 Å².